The Hall–Kier alpha value is -2.70. The van der Waals surface area contributed by atoms with E-state index in [9.17, 15) is 4.79 Å². The van der Waals surface area contributed by atoms with Crippen molar-refractivity contribution in [2.45, 2.75) is 26.4 Å². The molecule has 3 heterocycles. The minimum absolute atomic E-state index is 0.0659. The Morgan fingerprint density at radius 1 is 1.32 bits per heavy atom. The summed E-state index contributed by atoms with van der Waals surface area (Å²) in [6.07, 6.45) is 5.27. The van der Waals surface area contributed by atoms with E-state index in [1.165, 1.54) is 0 Å². The second kappa shape index (κ2) is 5.59. The van der Waals surface area contributed by atoms with Crippen LogP contribution in [0.5, 0.6) is 0 Å². The Kier molecular flexibility index (Phi) is 3.62. The Balaban J connectivity index is 1.69. The normalized spacial score (nSPS) is 12.5. The van der Waals surface area contributed by atoms with Gasteiger partial charge in [-0.3, -0.25) is 19.1 Å². The minimum atomic E-state index is -0.0808. The number of rotatable bonds is 4. The molecule has 1 unspecified atom stereocenters. The van der Waals surface area contributed by atoms with Crippen molar-refractivity contribution >= 4 is 16.9 Å². The zero-order valence-electron chi connectivity index (χ0n) is 12.8. The maximum atomic E-state index is 12.2. The quantitative estimate of drug-likeness (QED) is 0.788. The van der Waals surface area contributed by atoms with Gasteiger partial charge in [0.15, 0.2) is 0 Å². The van der Waals surface area contributed by atoms with E-state index in [1.54, 1.807) is 21.8 Å². The van der Waals surface area contributed by atoms with Gasteiger partial charge < -0.3 is 5.32 Å². The molecule has 0 aromatic carbocycles. The second-order valence-electron chi connectivity index (χ2n) is 5.34. The monoisotopic (exact) mass is 298 g/mol. The summed E-state index contributed by atoms with van der Waals surface area (Å²) in [7, 11) is 1.87. The fourth-order valence-corrected chi connectivity index (χ4v) is 2.48. The summed E-state index contributed by atoms with van der Waals surface area (Å²) in [4.78, 5) is 16.1. The number of pyridine rings is 1. The van der Waals surface area contributed by atoms with Gasteiger partial charge in [0.1, 0.15) is 17.6 Å². The lowest BCUT2D eigenvalue weighted by atomic mass is 10.1. The molecule has 1 atom stereocenters. The molecule has 0 aliphatic carbocycles. The third-order valence-corrected chi connectivity index (χ3v) is 3.62. The highest BCUT2D eigenvalue weighted by atomic mass is 16.2. The lowest BCUT2D eigenvalue weighted by Crippen LogP contribution is -2.30. The van der Waals surface area contributed by atoms with Crippen molar-refractivity contribution in [3.8, 4) is 0 Å². The number of carbonyl (C=O) groups is 1. The zero-order chi connectivity index (χ0) is 15.7. The van der Waals surface area contributed by atoms with Crippen molar-refractivity contribution in [1.82, 2.24) is 29.9 Å². The van der Waals surface area contributed by atoms with Gasteiger partial charge in [0.25, 0.3) is 0 Å². The van der Waals surface area contributed by atoms with Gasteiger partial charge in [-0.15, -0.1) is 0 Å². The maximum Gasteiger partial charge on any atom is 0.242 e. The number of hydrogen-bond acceptors (Lipinski definition) is 4. The molecule has 3 aromatic heterocycles. The Morgan fingerprint density at radius 2 is 2.05 bits per heavy atom. The number of aryl methyl sites for hydroxylation is 2. The van der Waals surface area contributed by atoms with Gasteiger partial charge in [0, 0.05) is 19.4 Å². The first-order valence-electron chi connectivity index (χ1n) is 7.10. The molecule has 7 heteroatoms. The Morgan fingerprint density at radius 3 is 2.73 bits per heavy atom. The van der Waals surface area contributed by atoms with E-state index in [4.69, 9.17) is 0 Å². The number of nitrogens with zero attached hydrogens (tertiary/aromatic N) is 5. The first kappa shape index (κ1) is 14.2. The van der Waals surface area contributed by atoms with E-state index in [-0.39, 0.29) is 18.5 Å². The van der Waals surface area contributed by atoms with Crippen LogP contribution in [0.25, 0.3) is 11.0 Å². The van der Waals surface area contributed by atoms with Crippen LogP contribution in [0.4, 0.5) is 0 Å². The zero-order valence-corrected chi connectivity index (χ0v) is 12.8. The van der Waals surface area contributed by atoms with Gasteiger partial charge in [-0.25, -0.2) is 0 Å². The van der Waals surface area contributed by atoms with Crippen LogP contribution in [-0.4, -0.2) is 30.5 Å². The van der Waals surface area contributed by atoms with Crippen LogP contribution in [0, 0.1) is 6.92 Å². The predicted octanol–water partition coefficient (Wildman–Crippen LogP) is 1.35. The van der Waals surface area contributed by atoms with Crippen LogP contribution in [-0.2, 0) is 18.4 Å². The fourth-order valence-electron chi connectivity index (χ4n) is 2.48. The summed E-state index contributed by atoms with van der Waals surface area (Å²) in [6, 6.07) is 3.72. The molecular weight excluding hydrogens is 280 g/mol. The molecule has 114 valence electrons. The van der Waals surface area contributed by atoms with E-state index in [2.05, 4.69) is 20.5 Å². The van der Waals surface area contributed by atoms with E-state index < -0.39 is 0 Å². The molecule has 0 bridgehead atoms. The molecular formula is C15H18N6O. The average Bonchev–Trinajstić information content (AvgIpc) is 3.01. The molecule has 0 aliphatic heterocycles. The van der Waals surface area contributed by atoms with Crippen molar-refractivity contribution in [2.75, 3.05) is 0 Å². The SMILES string of the molecule is Cc1nn(C)c2cn(CC(=O)NC(C)c3ccncc3)nc12. The molecule has 1 amide bonds. The van der Waals surface area contributed by atoms with Crippen LogP contribution >= 0.6 is 0 Å². The lowest BCUT2D eigenvalue weighted by Gasteiger charge is -2.13. The maximum absolute atomic E-state index is 12.2. The van der Waals surface area contributed by atoms with Crippen LogP contribution in [0.15, 0.2) is 30.7 Å². The van der Waals surface area contributed by atoms with Crippen molar-refractivity contribution in [3.05, 3.63) is 42.0 Å². The summed E-state index contributed by atoms with van der Waals surface area (Å²) in [5.74, 6) is -0.0808. The van der Waals surface area contributed by atoms with Crippen molar-refractivity contribution in [1.29, 1.82) is 0 Å². The number of nitrogens with one attached hydrogen (secondary N) is 1. The topological polar surface area (TPSA) is 77.6 Å². The number of carbonyl (C=O) groups excluding carboxylic acids is 1. The highest BCUT2D eigenvalue weighted by Crippen LogP contribution is 2.15. The van der Waals surface area contributed by atoms with Gasteiger partial charge in [-0.2, -0.15) is 10.2 Å². The Labute approximate surface area is 128 Å². The summed E-state index contributed by atoms with van der Waals surface area (Å²) >= 11 is 0. The van der Waals surface area contributed by atoms with Gasteiger partial charge in [-0.05, 0) is 31.5 Å². The van der Waals surface area contributed by atoms with Gasteiger partial charge >= 0.3 is 0 Å². The molecule has 22 heavy (non-hydrogen) atoms. The average molecular weight is 298 g/mol. The van der Waals surface area contributed by atoms with Crippen molar-refractivity contribution in [2.24, 2.45) is 7.05 Å². The van der Waals surface area contributed by atoms with Crippen LogP contribution in [0.1, 0.15) is 24.2 Å². The molecule has 3 rings (SSSR count). The van der Waals surface area contributed by atoms with Crippen LogP contribution in [0.2, 0.25) is 0 Å². The number of amides is 1. The van der Waals surface area contributed by atoms with E-state index in [0.29, 0.717) is 0 Å². The summed E-state index contributed by atoms with van der Waals surface area (Å²) in [6.45, 7) is 4.04. The third kappa shape index (κ3) is 2.69. The van der Waals surface area contributed by atoms with Crippen LogP contribution in [0.3, 0.4) is 0 Å². The summed E-state index contributed by atoms with van der Waals surface area (Å²) in [5.41, 5.74) is 3.64. The number of hydrogen-bond donors (Lipinski definition) is 1. The van der Waals surface area contributed by atoms with E-state index in [0.717, 1.165) is 22.3 Å². The molecule has 3 aromatic rings. The van der Waals surface area contributed by atoms with Crippen LogP contribution < -0.4 is 5.32 Å². The van der Waals surface area contributed by atoms with Gasteiger partial charge in [0.05, 0.1) is 17.9 Å². The minimum Gasteiger partial charge on any atom is -0.348 e. The molecule has 0 radical (unpaired) electrons. The molecule has 0 aliphatic rings. The standard InChI is InChI=1S/C15H18N6O/c1-10(12-4-6-16-7-5-12)17-14(22)9-21-8-13-15(19-21)11(2)18-20(13)3/h4-8,10H,9H2,1-3H3,(H,17,22). The Bertz CT molecular complexity index is 770. The number of fused-ring (bicyclic) bond motifs is 1. The molecule has 0 fully saturated rings. The molecule has 7 nitrogen and oxygen atoms in total. The van der Waals surface area contributed by atoms with Crippen molar-refractivity contribution in [3.63, 3.8) is 0 Å². The largest absolute Gasteiger partial charge is 0.348 e. The molecule has 0 saturated heterocycles. The number of aromatic nitrogens is 5. The molecule has 1 N–H and O–H groups in total. The molecule has 0 spiro atoms. The van der Waals surface area contributed by atoms with E-state index >= 15 is 0 Å². The fraction of sp³-hybridized carbons (Fsp3) is 0.333. The van der Waals surface area contributed by atoms with Gasteiger partial charge in [-0.1, -0.05) is 0 Å². The smallest absolute Gasteiger partial charge is 0.242 e. The highest BCUT2D eigenvalue weighted by Gasteiger charge is 2.13. The first-order valence-corrected chi connectivity index (χ1v) is 7.10. The van der Waals surface area contributed by atoms with Gasteiger partial charge in [0.2, 0.25) is 5.91 Å². The summed E-state index contributed by atoms with van der Waals surface area (Å²) in [5, 5.41) is 11.7. The van der Waals surface area contributed by atoms with Crippen molar-refractivity contribution < 1.29 is 4.79 Å². The predicted molar refractivity (Wildman–Crippen MR) is 82.0 cm³/mol. The van der Waals surface area contributed by atoms with E-state index in [1.807, 2.05) is 39.2 Å². The first-order chi connectivity index (χ1) is 10.5. The lowest BCUT2D eigenvalue weighted by molar-refractivity contribution is -0.122. The molecule has 0 saturated carbocycles. The third-order valence-electron chi connectivity index (χ3n) is 3.62. The summed E-state index contributed by atoms with van der Waals surface area (Å²) < 4.78 is 3.42. The second-order valence-corrected chi connectivity index (χ2v) is 5.34. The highest BCUT2D eigenvalue weighted by molar-refractivity contribution is 5.79.